The third kappa shape index (κ3) is 8.39. The minimum Gasteiger partial charge on any atom is -0.352 e. The average molecular weight is 605 g/mol. The van der Waals surface area contributed by atoms with Gasteiger partial charge in [-0.25, -0.2) is 12.8 Å². The number of carbonyl (C=O) groups is 2. The Morgan fingerprint density at radius 2 is 1.61 bits per heavy atom. The molecule has 7 nitrogen and oxygen atoms in total. The van der Waals surface area contributed by atoms with Crippen LogP contribution in [0.25, 0.3) is 0 Å². The molecule has 1 unspecified atom stereocenters. The predicted molar refractivity (Wildman–Crippen MR) is 150 cm³/mol. The topological polar surface area (TPSA) is 86.8 Å². The van der Waals surface area contributed by atoms with Gasteiger partial charge in [-0.2, -0.15) is 0 Å². The van der Waals surface area contributed by atoms with E-state index in [0.717, 1.165) is 32.2 Å². The van der Waals surface area contributed by atoms with Crippen LogP contribution in [0.4, 0.5) is 10.1 Å². The standard InChI is InChI=1S/C28H31BrFN3O4S/c1-20(2)31-28(35)26(16-21-9-5-4-6-10-21)32(18-22-11-7-12-23(29)15-22)27(34)19-33(38(3,36)37)25-14-8-13-24(30)17-25/h4-15,17,20,26H,16,18-19H2,1-3H3,(H,31,35). The van der Waals surface area contributed by atoms with Gasteiger partial charge < -0.3 is 10.2 Å². The first kappa shape index (κ1) is 29.3. The number of sulfonamides is 1. The lowest BCUT2D eigenvalue weighted by Crippen LogP contribution is -2.54. The second-order valence-corrected chi connectivity index (χ2v) is 12.1. The lowest BCUT2D eigenvalue weighted by atomic mass is 10.0. The van der Waals surface area contributed by atoms with E-state index >= 15 is 0 Å². The molecular formula is C28H31BrFN3O4S. The molecule has 0 saturated heterocycles. The third-order valence-corrected chi connectivity index (χ3v) is 7.35. The van der Waals surface area contributed by atoms with Crippen molar-refractivity contribution in [3.05, 3.63) is 100 Å². The van der Waals surface area contributed by atoms with Crippen LogP contribution in [0.3, 0.4) is 0 Å². The Bertz CT molecular complexity index is 1370. The first-order valence-corrected chi connectivity index (χ1v) is 14.7. The zero-order valence-corrected chi connectivity index (χ0v) is 23.9. The zero-order chi connectivity index (χ0) is 27.9. The molecule has 10 heteroatoms. The van der Waals surface area contributed by atoms with Crippen LogP contribution in [0.5, 0.6) is 0 Å². The summed E-state index contributed by atoms with van der Waals surface area (Å²) in [7, 11) is -3.96. The monoisotopic (exact) mass is 603 g/mol. The van der Waals surface area contributed by atoms with Crippen molar-refractivity contribution in [3.63, 3.8) is 0 Å². The molecule has 2 amide bonds. The highest BCUT2D eigenvalue weighted by Gasteiger charge is 2.33. The molecule has 0 saturated carbocycles. The van der Waals surface area contributed by atoms with E-state index in [0.29, 0.717) is 0 Å². The van der Waals surface area contributed by atoms with Gasteiger partial charge in [0.25, 0.3) is 0 Å². The van der Waals surface area contributed by atoms with Crippen LogP contribution in [0.2, 0.25) is 0 Å². The first-order valence-electron chi connectivity index (χ1n) is 12.1. The predicted octanol–water partition coefficient (Wildman–Crippen LogP) is 4.52. The van der Waals surface area contributed by atoms with Gasteiger partial charge in [-0.15, -0.1) is 0 Å². The molecule has 0 heterocycles. The summed E-state index contributed by atoms with van der Waals surface area (Å²) < 4.78 is 41.0. The minimum atomic E-state index is -3.96. The van der Waals surface area contributed by atoms with E-state index in [1.165, 1.54) is 23.1 Å². The summed E-state index contributed by atoms with van der Waals surface area (Å²) in [6.45, 7) is 3.11. The van der Waals surface area contributed by atoms with Crippen LogP contribution in [0.15, 0.2) is 83.3 Å². The van der Waals surface area contributed by atoms with Gasteiger partial charge in [0.2, 0.25) is 21.8 Å². The number of nitrogens with one attached hydrogen (secondary N) is 1. The lowest BCUT2D eigenvalue weighted by Gasteiger charge is -2.34. The summed E-state index contributed by atoms with van der Waals surface area (Å²) in [5.74, 6) is -1.59. The smallest absolute Gasteiger partial charge is 0.244 e. The number of halogens is 2. The Hall–Kier alpha value is -3.24. The van der Waals surface area contributed by atoms with E-state index in [4.69, 9.17) is 0 Å². The van der Waals surface area contributed by atoms with Crippen LogP contribution in [-0.4, -0.2) is 50.0 Å². The maximum Gasteiger partial charge on any atom is 0.244 e. The molecule has 1 atom stereocenters. The molecule has 3 aromatic rings. The normalized spacial score (nSPS) is 12.2. The minimum absolute atomic E-state index is 0.0227. The Morgan fingerprint density at radius 1 is 0.947 bits per heavy atom. The molecule has 0 fully saturated rings. The van der Waals surface area contributed by atoms with E-state index in [2.05, 4.69) is 21.2 Å². The summed E-state index contributed by atoms with van der Waals surface area (Å²) in [4.78, 5) is 28.8. The van der Waals surface area contributed by atoms with Crippen LogP contribution in [0.1, 0.15) is 25.0 Å². The van der Waals surface area contributed by atoms with Crippen LogP contribution in [0, 0.1) is 5.82 Å². The van der Waals surface area contributed by atoms with Gasteiger partial charge in [0.05, 0.1) is 11.9 Å². The number of hydrogen-bond donors (Lipinski definition) is 1. The average Bonchev–Trinajstić information content (AvgIpc) is 2.84. The summed E-state index contributed by atoms with van der Waals surface area (Å²) in [6.07, 6.45) is 1.18. The Morgan fingerprint density at radius 3 is 2.21 bits per heavy atom. The molecule has 3 aromatic carbocycles. The molecule has 0 aliphatic heterocycles. The summed E-state index contributed by atoms with van der Waals surface area (Å²) >= 11 is 3.44. The van der Waals surface area contributed by atoms with Gasteiger partial charge in [0.1, 0.15) is 18.4 Å². The molecule has 0 bridgehead atoms. The van der Waals surface area contributed by atoms with Crippen molar-refractivity contribution in [2.75, 3.05) is 17.1 Å². The van der Waals surface area contributed by atoms with Gasteiger partial charge >= 0.3 is 0 Å². The van der Waals surface area contributed by atoms with Gasteiger partial charge in [-0.05, 0) is 55.3 Å². The fourth-order valence-corrected chi connectivity index (χ4v) is 5.30. The highest BCUT2D eigenvalue weighted by atomic mass is 79.9. The molecule has 0 radical (unpaired) electrons. The lowest BCUT2D eigenvalue weighted by molar-refractivity contribution is -0.140. The van der Waals surface area contributed by atoms with Crippen molar-refractivity contribution < 1.29 is 22.4 Å². The summed E-state index contributed by atoms with van der Waals surface area (Å²) in [6, 6.07) is 20.6. The SMILES string of the molecule is CC(C)NC(=O)C(Cc1ccccc1)N(Cc1cccc(Br)c1)C(=O)CN(c1cccc(F)c1)S(C)(=O)=O. The van der Waals surface area contributed by atoms with E-state index in [9.17, 15) is 22.4 Å². The Balaban J connectivity index is 2.06. The number of anilines is 1. The largest absolute Gasteiger partial charge is 0.352 e. The van der Waals surface area contributed by atoms with Crippen LogP contribution < -0.4 is 9.62 Å². The first-order chi connectivity index (χ1) is 17.9. The number of amides is 2. The maximum atomic E-state index is 14.0. The number of rotatable bonds is 11. The Labute approximate surface area is 231 Å². The second-order valence-electron chi connectivity index (χ2n) is 9.27. The molecule has 3 rings (SSSR count). The molecular weight excluding hydrogens is 573 g/mol. The Kier molecular flexibility index (Phi) is 10.0. The molecule has 38 heavy (non-hydrogen) atoms. The van der Waals surface area contributed by atoms with E-state index in [-0.39, 0.29) is 30.6 Å². The third-order valence-electron chi connectivity index (χ3n) is 5.72. The molecule has 0 aliphatic rings. The van der Waals surface area contributed by atoms with E-state index in [1.807, 2.05) is 68.4 Å². The highest BCUT2D eigenvalue weighted by Crippen LogP contribution is 2.22. The van der Waals surface area contributed by atoms with Crippen molar-refractivity contribution in [1.82, 2.24) is 10.2 Å². The molecule has 202 valence electrons. The fraction of sp³-hybridized carbons (Fsp3) is 0.286. The number of carbonyl (C=O) groups excluding carboxylic acids is 2. The van der Waals surface area contributed by atoms with Gasteiger partial charge in [-0.1, -0.05) is 64.5 Å². The number of benzene rings is 3. The van der Waals surface area contributed by atoms with Crippen molar-refractivity contribution in [2.24, 2.45) is 0 Å². The van der Waals surface area contributed by atoms with Crippen LogP contribution >= 0.6 is 15.9 Å². The molecule has 0 aromatic heterocycles. The molecule has 0 spiro atoms. The summed E-state index contributed by atoms with van der Waals surface area (Å²) in [5.41, 5.74) is 1.61. The van der Waals surface area contributed by atoms with Crippen molar-refractivity contribution in [1.29, 1.82) is 0 Å². The van der Waals surface area contributed by atoms with Crippen molar-refractivity contribution in [3.8, 4) is 0 Å². The van der Waals surface area contributed by atoms with Crippen molar-refractivity contribution >= 4 is 43.5 Å². The summed E-state index contributed by atoms with van der Waals surface area (Å²) in [5, 5.41) is 2.89. The number of hydrogen-bond acceptors (Lipinski definition) is 4. The van der Waals surface area contributed by atoms with Crippen LogP contribution in [-0.2, 0) is 32.6 Å². The quantitative estimate of drug-likeness (QED) is 0.349. The highest BCUT2D eigenvalue weighted by molar-refractivity contribution is 9.10. The van der Waals surface area contributed by atoms with Gasteiger partial charge in [-0.3, -0.25) is 13.9 Å². The van der Waals surface area contributed by atoms with E-state index < -0.39 is 34.3 Å². The van der Waals surface area contributed by atoms with Gasteiger partial charge in [0.15, 0.2) is 0 Å². The molecule has 1 N–H and O–H groups in total. The zero-order valence-electron chi connectivity index (χ0n) is 21.5. The van der Waals surface area contributed by atoms with Gasteiger partial charge in [0, 0.05) is 23.5 Å². The fourth-order valence-electron chi connectivity index (χ4n) is 4.01. The molecule has 0 aliphatic carbocycles. The maximum absolute atomic E-state index is 14.0. The number of nitrogens with zero attached hydrogens (tertiary/aromatic N) is 2. The second kappa shape index (κ2) is 13.0. The van der Waals surface area contributed by atoms with Crippen molar-refractivity contribution in [2.45, 2.75) is 38.9 Å². The van der Waals surface area contributed by atoms with E-state index in [1.54, 1.807) is 0 Å².